The van der Waals surface area contributed by atoms with Crippen molar-refractivity contribution in [2.75, 3.05) is 0 Å². The van der Waals surface area contributed by atoms with Gasteiger partial charge in [0, 0.05) is 18.2 Å². The number of nitro groups is 2. The minimum absolute atomic E-state index is 0.0319. The van der Waals surface area contributed by atoms with Crippen LogP contribution in [-0.4, -0.2) is 20.3 Å². The summed E-state index contributed by atoms with van der Waals surface area (Å²) in [5.74, 6) is 1.62. The summed E-state index contributed by atoms with van der Waals surface area (Å²) in [5.41, 5.74) is -0.173. The van der Waals surface area contributed by atoms with E-state index < -0.39 is 15.8 Å². The molecular weight excluding hydrogens is 372 g/mol. The minimum atomic E-state index is -0.797. The van der Waals surface area contributed by atoms with Crippen molar-refractivity contribution >= 4 is 38.8 Å². The lowest BCUT2D eigenvalue weighted by Gasteiger charge is -2.00. The molecule has 1 heterocycles. The van der Waals surface area contributed by atoms with Crippen LogP contribution in [0.25, 0.3) is 10.2 Å². The van der Waals surface area contributed by atoms with Gasteiger partial charge in [-0.25, -0.2) is 0 Å². The highest BCUT2D eigenvalue weighted by molar-refractivity contribution is 7.16. The predicted octanol–water partition coefficient (Wildman–Crippen LogP) is 2.89. The highest BCUT2D eigenvalue weighted by Crippen LogP contribution is 2.23. The number of nitrogens with zero attached hydrogens (tertiary/aromatic N) is 4. The first-order valence-corrected chi connectivity index (χ1v) is 8.27. The molecule has 3 rings (SSSR count). The van der Waals surface area contributed by atoms with Crippen LogP contribution in [0.4, 0.5) is 11.4 Å². The second-order valence-electron chi connectivity index (χ2n) is 5.28. The maximum absolute atomic E-state index is 12.5. The quantitative estimate of drug-likeness (QED) is 0.390. The van der Waals surface area contributed by atoms with Crippen molar-refractivity contribution in [1.29, 1.82) is 0 Å². The number of terminal acetylenes is 1. The van der Waals surface area contributed by atoms with Gasteiger partial charge in [0.2, 0.25) is 0 Å². The SMILES string of the molecule is C#CCn1c(=NC(=O)c2ccccc2[N+](=O)[O-])sc2ccc([N+](=O)[O-])cc21. The smallest absolute Gasteiger partial charge is 0.286 e. The second kappa shape index (κ2) is 7.19. The highest BCUT2D eigenvalue weighted by Gasteiger charge is 2.19. The molecule has 0 saturated carbocycles. The molecule has 27 heavy (non-hydrogen) atoms. The number of aromatic nitrogens is 1. The van der Waals surface area contributed by atoms with Crippen LogP contribution in [0, 0.1) is 32.6 Å². The zero-order valence-corrected chi connectivity index (χ0v) is 14.4. The van der Waals surface area contributed by atoms with Gasteiger partial charge in [-0.1, -0.05) is 29.4 Å². The van der Waals surface area contributed by atoms with Crippen molar-refractivity contribution in [3.8, 4) is 12.3 Å². The van der Waals surface area contributed by atoms with E-state index in [1.807, 2.05) is 0 Å². The van der Waals surface area contributed by atoms with E-state index in [2.05, 4.69) is 10.9 Å². The second-order valence-corrected chi connectivity index (χ2v) is 6.28. The number of thiazole rings is 1. The van der Waals surface area contributed by atoms with Crippen LogP contribution < -0.4 is 4.80 Å². The fourth-order valence-electron chi connectivity index (χ4n) is 2.46. The molecule has 0 aliphatic carbocycles. The largest absolute Gasteiger partial charge is 0.304 e. The average molecular weight is 382 g/mol. The molecule has 0 fully saturated rings. The van der Waals surface area contributed by atoms with E-state index in [1.165, 1.54) is 41.0 Å². The van der Waals surface area contributed by atoms with Crippen LogP contribution in [0.2, 0.25) is 0 Å². The topological polar surface area (TPSA) is 121 Å². The Hall–Kier alpha value is -3.84. The Bertz CT molecular complexity index is 1200. The van der Waals surface area contributed by atoms with Gasteiger partial charge in [-0.15, -0.1) is 6.42 Å². The number of hydrogen-bond acceptors (Lipinski definition) is 6. The summed E-state index contributed by atoms with van der Waals surface area (Å²) < 4.78 is 2.13. The lowest BCUT2D eigenvalue weighted by Crippen LogP contribution is -2.17. The Morgan fingerprint density at radius 1 is 1.19 bits per heavy atom. The summed E-state index contributed by atoms with van der Waals surface area (Å²) in [5, 5.41) is 22.1. The predicted molar refractivity (Wildman–Crippen MR) is 98.3 cm³/mol. The van der Waals surface area contributed by atoms with Crippen LogP contribution in [0.1, 0.15) is 10.4 Å². The van der Waals surface area contributed by atoms with Gasteiger partial charge in [-0.05, 0) is 12.1 Å². The fraction of sp³-hybridized carbons (Fsp3) is 0.0588. The van der Waals surface area contributed by atoms with Gasteiger partial charge in [-0.3, -0.25) is 25.0 Å². The third-order valence-electron chi connectivity index (χ3n) is 3.65. The summed E-state index contributed by atoms with van der Waals surface area (Å²) >= 11 is 1.11. The van der Waals surface area contributed by atoms with E-state index >= 15 is 0 Å². The molecule has 0 aliphatic rings. The molecule has 10 heteroatoms. The van der Waals surface area contributed by atoms with Gasteiger partial charge < -0.3 is 4.57 Å². The summed E-state index contributed by atoms with van der Waals surface area (Å²) in [6.07, 6.45) is 5.37. The zero-order valence-electron chi connectivity index (χ0n) is 13.6. The van der Waals surface area contributed by atoms with Crippen LogP contribution in [0.5, 0.6) is 0 Å². The standard InChI is InChI=1S/C17H10N4O5S/c1-2-9-19-14-10-11(20(23)24)7-8-15(14)27-17(19)18-16(22)12-5-3-4-6-13(12)21(25)26/h1,3-8,10H,9H2. The van der Waals surface area contributed by atoms with Gasteiger partial charge in [-0.2, -0.15) is 4.99 Å². The number of carbonyl (C=O) groups is 1. The molecule has 9 nitrogen and oxygen atoms in total. The van der Waals surface area contributed by atoms with Crippen LogP contribution >= 0.6 is 11.3 Å². The van der Waals surface area contributed by atoms with E-state index in [1.54, 1.807) is 6.07 Å². The summed E-state index contributed by atoms with van der Waals surface area (Å²) in [6.45, 7) is 0.0319. The van der Waals surface area contributed by atoms with Gasteiger partial charge in [0.15, 0.2) is 4.80 Å². The Kier molecular flexibility index (Phi) is 4.78. The van der Waals surface area contributed by atoms with Crippen molar-refractivity contribution in [1.82, 2.24) is 4.57 Å². The normalized spacial score (nSPS) is 11.3. The number of hydrogen-bond donors (Lipinski definition) is 0. The van der Waals surface area contributed by atoms with Crippen molar-refractivity contribution < 1.29 is 14.6 Å². The number of non-ortho nitro benzene ring substituents is 1. The van der Waals surface area contributed by atoms with Crippen molar-refractivity contribution in [3.63, 3.8) is 0 Å². The monoisotopic (exact) mass is 382 g/mol. The number of nitro benzene ring substituents is 2. The van der Waals surface area contributed by atoms with E-state index in [4.69, 9.17) is 6.42 Å². The molecule has 0 bridgehead atoms. The van der Waals surface area contributed by atoms with Gasteiger partial charge >= 0.3 is 0 Å². The van der Waals surface area contributed by atoms with Gasteiger partial charge in [0.25, 0.3) is 17.3 Å². The molecule has 0 spiro atoms. The molecular formula is C17H10N4O5S. The number of amides is 1. The summed E-state index contributed by atoms with van der Waals surface area (Å²) in [7, 11) is 0. The Morgan fingerprint density at radius 3 is 2.59 bits per heavy atom. The molecule has 0 radical (unpaired) electrons. The molecule has 0 N–H and O–H groups in total. The molecule has 0 atom stereocenters. The fourth-order valence-corrected chi connectivity index (χ4v) is 3.47. The number of rotatable bonds is 4. The Morgan fingerprint density at radius 2 is 1.93 bits per heavy atom. The van der Waals surface area contributed by atoms with Gasteiger partial charge in [0.05, 0.1) is 26.6 Å². The third-order valence-corrected chi connectivity index (χ3v) is 4.71. The third kappa shape index (κ3) is 3.44. The maximum atomic E-state index is 12.5. The number of carbonyl (C=O) groups excluding carboxylic acids is 1. The first-order chi connectivity index (χ1) is 12.9. The van der Waals surface area contributed by atoms with Crippen molar-refractivity contribution in [2.24, 2.45) is 4.99 Å². The van der Waals surface area contributed by atoms with E-state index in [0.29, 0.717) is 10.2 Å². The van der Waals surface area contributed by atoms with Crippen LogP contribution in [0.3, 0.4) is 0 Å². The first kappa shape index (κ1) is 18.0. The number of para-hydroxylation sites is 1. The molecule has 2 aromatic carbocycles. The summed E-state index contributed by atoms with van der Waals surface area (Å²) in [4.78, 5) is 37.6. The van der Waals surface area contributed by atoms with Gasteiger partial charge in [0.1, 0.15) is 5.56 Å². The number of fused-ring (bicyclic) bond motifs is 1. The molecule has 1 amide bonds. The Balaban J connectivity index is 2.20. The highest BCUT2D eigenvalue weighted by atomic mass is 32.1. The molecule has 0 unspecified atom stereocenters. The minimum Gasteiger partial charge on any atom is -0.304 e. The Labute approximate surface area is 155 Å². The lowest BCUT2D eigenvalue weighted by atomic mass is 10.2. The van der Waals surface area contributed by atoms with Crippen LogP contribution in [-0.2, 0) is 6.54 Å². The molecule has 134 valence electrons. The molecule has 0 aliphatic heterocycles. The number of benzene rings is 2. The lowest BCUT2D eigenvalue weighted by molar-refractivity contribution is -0.385. The average Bonchev–Trinajstić information content (AvgIpc) is 2.98. The molecule has 3 aromatic rings. The van der Waals surface area contributed by atoms with E-state index in [-0.39, 0.29) is 28.3 Å². The zero-order chi connectivity index (χ0) is 19.6. The van der Waals surface area contributed by atoms with E-state index in [0.717, 1.165) is 11.3 Å². The maximum Gasteiger partial charge on any atom is 0.286 e. The van der Waals surface area contributed by atoms with Crippen molar-refractivity contribution in [2.45, 2.75) is 6.54 Å². The van der Waals surface area contributed by atoms with Crippen molar-refractivity contribution in [3.05, 3.63) is 73.1 Å². The van der Waals surface area contributed by atoms with Crippen LogP contribution in [0.15, 0.2) is 47.5 Å². The molecule has 0 saturated heterocycles. The summed E-state index contributed by atoms with van der Waals surface area (Å²) in [6, 6.07) is 9.70. The molecule has 1 aromatic heterocycles. The first-order valence-electron chi connectivity index (χ1n) is 7.46. The van der Waals surface area contributed by atoms with E-state index in [9.17, 15) is 25.0 Å².